The van der Waals surface area contributed by atoms with Gasteiger partial charge in [0.25, 0.3) is 0 Å². The molecule has 1 saturated heterocycles. The zero-order chi connectivity index (χ0) is 19.1. The molecule has 0 aromatic carbocycles. The molecule has 1 spiro atoms. The quantitative estimate of drug-likeness (QED) is 0.717. The highest BCUT2D eigenvalue weighted by Crippen LogP contribution is 2.46. The second kappa shape index (κ2) is 6.83. The molecule has 2 N–H and O–H groups in total. The van der Waals surface area contributed by atoms with Gasteiger partial charge in [0.05, 0.1) is 22.8 Å². The van der Waals surface area contributed by atoms with E-state index < -0.39 is 0 Å². The van der Waals surface area contributed by atoms with Crippen LogP contribution in [0.3, 0.4) is 0 Å². The van der Waals surface area contributed by atoms with Crippen molar-refractivity contribution in [1.29, 1.82) is 0 Å². The van der Waals surface area contributed by atoms with Crippen molar-refractivity contribution < 1.29 is 4.74 Å². The van der Waals surface area contributed by atoms with Crippen LogP contribution in [0.15, 0.2) is 36.7 Å². The molecule has 144 valence electrons. The Kier molecular flexibility index (Phi) is 4.29. The number of aromatic nitrogens is 3. The summed E-state index contributed by atoms with van der Waals surface area (Å²) in [6.07, 6.45) is 4.54. The van der Waals surface area contributed by atoms with E-state index in [0.717, 1.165) is 56.2 Å². The summed E-state index contributed by atoms with van der Waals surface area (Å²) >= 11 is 1.83. The number of piperidine rings is 1. The van der Waals surface area contributed by atoms with Gasteiger partial charge in [-0.25, -0.2) is 15.0 Å². The molecule has 28 heavy (non-hydrogen) atoms. The third-order valence-electron chi connectivity index (χ3n) is 5.71. The van der Waals surface area contributed by atoms with E-state index >= 15 is 0 Å². The first-order chi connectivity index (χ1) is 13.6. The van der Waals surface area contributed by atoms with Crippen LogP contribution in [0.1, 0.15) is 29.0 Å². The molecule has 0 saturated carbocycles. The molecule has 0 unspecified atom stereocenters. The van der Waals surface area contributed by atoms with Gasteiger partial charge in [-0.15, -0.1) is 11.3 Å². The van der Waals surface area contributed by atoms with E-state index in [4.69, 9.17) is 10.5 Å². The number of fused-ring (bicyclic) bond motifs is 2. The van der Waals surface area contributed by atoms with Gasteiger partial charge in [-0.2, -0.15) is 0 Å². The first-order valence-electron chi connectivity index (χ1n) is 9.67. The lowest BCUT2D eigenvalue weighted by Gasteiger charge is -2.44. The van der Waals surface area contributed by atoms with Crippen LogP contribution < -0.4 is 10.6 Å². The summed E-state index contributed by atoms with van der Waals surface area (Å²) in [6, 6.07) is 10.2. The van der Waals surface area contributed by atoms with Crippen molar-refractivity contribution in [2.45, 2.75) is 31.8 Å². The Morgan fingerprint density at radius 3 is 2.82 bits per heavy atom. The summed E-state index contributed by atoms with van der Waals surface area (Å²) in [5.41, 5.74) is 8.99. The van der Waals surface area contributed by atoms with Crippen LogP contribution in [0, 0.1) is 6.92 Å². The predicted octanol–water partition coefficient (Wildman–Crippen LogP) is 3.56. The molecule has 0 amide bonds. The lowest BCUT2D eigenvalue weighted by molar-refractivity contribution is -0.0757. The third-order valence-corrected chi connectivity index (χ3v) is 6.93. The van der Waals surface area contributed by atoms with E-state index in [-0.39, 0.29) is 5.60 Å². The second-order valence-corrected chi connectivity index (χ2v) is 8.63. The first-order valence-corrected chi connectivity index (χ1v) is 10.5. The summed E-state index contributed by atoms with van der Waals surface area (Å²) < 4.78 is 6.42. The molecule has 0 bridgehead atoms. The van der Waals surface area contributed by atoms with Gasteiger partial charge in [-0.3, -0.25) is 0 Å². The number of nitrogens with zero attached hydrogens (tertiary/aromatic N) is 4. The molecule has 1 fully saturated rings. The molecule has 3 aromatic heterocycles. The summed E-state index contributed by atoms with van der Waals surface area (Å²) in [4.78, 5) is 18.1. The summed E-state index contributed by atoms with van der Waals surface area (Å²) in [6.45, 7) is 4.64. The fourth-order valence-electron chi connectivity index (χ4n) is 4.26. The molecule has 3 aromatic rings. The van der Waals surface area contributed by atoms with Gasteiger partial charge < -0.3 is 15.4 Å². The minimum absolute atomic E-state index is 0.193. The monoisotopic (exact) mass is 393 g/mol. The molecule has 5 heterocycles. The fourth-order valence-corrected chi connectivity index (χ4v) is 5.46. The van der Waals surface area contributed by atoms with Crippen molar-refractivity contribution >= 4 is 23.0 Å². The number of aryl methyl sites for hydroxylation is 1. The minimum Gasteiger partial charge on any atom is -0.384 e. The van der Waals surface area contributed by atoms with Crippen LogP contribution in [0.25, 0.3) is 10.6 Å². The maximum Gasteiger partial charge on any atom is 0.132 e. The fraction of sp³-hybridized carbons (Fsp3) is 0.381. The largest absolute Gasteiger partial charge is 0.384 e. The molecule has 6 nitrogen and oxygen atoms in total. The van der Waals surface area contributed by atoms with Crippen molar-refractivity contribution in [3.05, 3.63) is 52.8 Å². The second-order valence-electron chi connectivity index (χ2n) is 7.49. The van der Waals surface area contributed by atoms with Gasteiger partial charge in [0, 0.05) is 36.1 Å². The molecular formula is C21H23N5OS. The maximum atomic E-state index is 6.42. The highest BCUT2D eigenvalue weighted by molar-refractivity contribution is 7.15. The van der Waals surface area contributed by atoms with Crippen LogP contribution in [-0.4, -0.2) is 34.6 Å². The van der Waals surface area contributed by atoms with Gasteiger partial charge >= 0.3 is 0 Å². The molecule has 0 radical (unpaired) electrons. The topological polar surface area (TPSA) is 77.2 Å². The number of hydrogen-bond donors (Lipinski definition) is 1. The number of thiophene rings is 1. The Morgan fingerprint density at radius 1 is 1.18 bits per heavy atom. The Hall–Kier alpha value is -2.51. The maximum absolute atomic E-state index is 6.42. The molecule has 2 aliphatic heterocycles. The van der Waals surface area contributed by atoms with E-state index in [1.54, 1.807) is 6.33 Å². The number of nitrogens with two attached hydrogens (primary N) is 1. The van der Waals surface area contributed by atoms with E-state index in [1.807, 2.05) is 36.5 Å². The lowest BCUT2D eigenvalue weighted by atomic mass is 9.82. The Labute approximate surface area is 168 Å². The minimum atomic E-state index is -0.193. The average molecular weight is 394 g/mol. The van der Waals surface area contributed by atoms with E-state index in [2.05, 4.69) is 32.0 Å². The summed E-state index contributed by atoms with van der Waals surface area (Å²) in [7, 11) is 0. The van der Waals surface area contributed by atoms with Gasteiger partial charge in [0.1, 0.15) is 18.0 Å². The van der Waals surface area contributed by atoms with Crippen LogP contribution in [0.2, 0.25) is 0 Å². The molecule has 5 rings (SSSR count). The summed E-state index contributed by atoms with van der Waals surface area (Å²) in [5.74, 6) is 1.57. The van der Waals surface area contributed by atoms with Crippen LogP contribution in [0.4, 0.5) is 11.6 Å². The number of rotatable bonds is 2. The number of pyridine rings is 1. The molecular weight excluding hydrogens is 370 g/mol. The number of ether oxygens (including phenoxy) is 1. The van der Waals surface area contributed by atoms with Gasteiger partial charge in [-0.1, -0.05) is 6.07 Å². The molecule has 0 aliphatic carbocycles. The van der Waals surface area contributed by atoms with Crippen LogP contribution in [0.5, 0.6) is 0 Å². The first kappa shape index (κ1) is 17.6. The smallest absolute Gasteiger partial charge is 0.132 e. The van der Waals surface area contributed by atoms with Crippen molar-refractivity contribution in [2.75, 3.05) is 30.3 Å². The van der Waals surface area contributed by atoms with Crippen molar-refractivity contribution in [1.82, 2.24) is 15.0 Å². The molecule has 7 heteroatoms. The molecule has 2 aliphatic rings. The van der Waals surface area contributed by atoms with Crippen LogP contribution >= 0.6 is 11.3 Å². The van der Waals surface area contributed by atoms with E-state index in [9.17, 15) is 0 Å². The zero-order valence-electron chi connectivity index (χ0n) is 15.9. The number of anilines is 2. The Morgan fingerprint density at radius 2 is 2.04 bits per heavy atom. The summed E-state index contributed by atoms with van der Waals surface area (Å²) in [5, 5.41) is 0. The standard InChI is InChI=1S/C21H23N5OS/c1-14-11-20(24-13-23-14)26-8-6-21(7-9-26)15-12-18(28-17(15)5-10-27-21)16-3-2-4-19(22)25-16/h2-4,11-13H,5-10H2,1H3,(H2,22,25). The molecule has 0 atom stereocenters. The van der Waals surface area contributed by atoms with Crippen molar-refractivity contribution in [2.24, 2.45) is 0 Å². The highest BCUT2D eigenvalue weighted by atomic mass is 32.1. The SMILES string of the molecule is Cc1cc(N2CCC3(CC2)OCCc2sc(-c4cccc(N)n4)cc23)ncn1. The van der Waals surface area contributed by atoms with Gasteiger partial charge in [0.2, 0.25) is 0 Å². The number of hydrogen-bond acceptors (Lipinski definition) is 7. The van der Waals surface area contributed by atoms with Gasteiger partial charge in [0.15, 0.2) is 0 Å². The van der Waals surface area contributed by atoms with Crippen molar-refractivity contribution in [3.63, 3.8) is 0 Å². The highest BCUT2D eigenvalue weighted by Gasteiger charge is 2.42. The average Bonchev–Trinajstić information content (AvgIpc) is 3.15. The van der Waals surface area contributed by atoms with Crippen LogP contribution in [-0.2, 0) is 16.8 Å². The predicted molar refractivity (Wildman–Crippen MR) is 112 cm³/mol. The normalized spacial score (nSPS) is 18.2. The lowest BCUT2D eigenvalue weighted by Crippen LogP contribution is -2.46. The van der Waals surface area contributed by atoms with E-state index in [1.165, 1.54) is 15.3 Å². The number of nitrogen functional groups attached to an aromatic ring is 1. The van der Waals surface area contributed by atoms with E-state index in [0.29, 0.717) is 5.82 Å². The van der Waals surface area contributed by atoms with Crippen molar-refractivity contribution in [3.8, 4) is 10.6 Å². The Balaban J connectivity index is 1.42. The third kappa shape index (κ3) is 3.04. The zero-order valence-corrected chi connectivity index (χ0v) is 16.7. The Bertz CT molecular complexity index is 1010. The van der Waals surface area contributed by atoms with Gasteiger partial charge in [-0.05, 0) is 43.5 Å².